The van der Waals surface area contributed by atoms with E-state index in [1.807, 2.05) is 57.2 Å². The summed E-state index contributed by atoms with van der Waals surface area (Å²) in [5.74, 6) is 2.10. The highest BCUT2D eigenvalue weighted by Crippen LogP contribution is 2.15. The molecule has 2 aromatic rings. The van der Waals surface area contributed by atoms with E-state index in [1.54, 1.807) is 6.26 Å². The van der Waals surface area contributed by atoms with Crippen molar-refractivity contribution in [1.29, 1.82) is 0 Å². The minimum atomic E-state index is -0.500. The number of carbonyl (C=O) groups is 3. The van der Waals surface area contributed by atoms with Gasteiger partial charge in [0.25, 0.3) is 5.91 Å². The number of ketones is 1. The Labute approximate surface area is 200 Å². The number of benzene rings is 1. The van der Waals surface area contributed by atoms with Gasteiger partial charge >= 0.3 is 0 Å². The van der Waals surface area contributed by atoms with Crippen LogP contribution in [0.25, 0.3) is 0 Å². The van der Waals surface area contributed by atoms with Crippen LogP contribution in [-0.2, 0) is 20.1 Å². The lowest BCUT2D eigenvalue weighted by Crippen LogP contribution is -2.45. The fraction of sp³-hybridized carbons (Fsp3) is 0.480. The van der Waals surface area contributed by atoms with Crippen molar-refractivity contribution in [3.63, 3.8) is 0 Å². The van der Waals surface area contributed by atoms with Crippen LogP contribution in [0.2, 0.25) is 0 Å². The van der Waals surface area contributed by atoms with Gasteiger partial charge in [-0.3, -0.25) is 14.4 Å². The van der Waals surface area contributed by atoms with Crippen molar-refractivity contribution in [1.82, 2.24) is 10.6 Å². The number of ether oxygens (including phenoxy) is 1. The Morgan fingerprint density at radius 1 is 1.06 bits per heavy atom. The number of furan rings is 1. The molecule has 1 aromatic heterocycles. The van der Waals surface area contributed by atoms with Crippen LogP contribution >= 0.6 is 11.8 Å². The van der Waals surface area contributed by atoms with Crippen molar-refractivity contribution in [2.75, 3.05) is 18.9 Å². The number of thioether (sulfide) groups is 1. The lowest BCUT2D eigenvalue weighted by molar-refractivity contribution is -0.127. The van der Waals surface area contributed by atoms with Crippen molar-refractivity contribution >= 4 is 29.4 Å². The SMILES string of the molecule is Cc1ccc(OCC(=O)NCCCCC(=O)N[C@H](C(=O)CSCc2ccco2)C(C)C)cc1. The summed E-state index contributed by atoms with van der Waals surface area (Å²) in [5, 5.41) is 5.66. The van der Waals surface area contributed by atoms with E-state index in [1.165, 1.54) is 11.8 Å². The number of amides is 2. The maximum atomic E-state index is 12.6. The number of hydrogen-bond acceptors (Lipinski definition) is 6. The third kappa shape index (κ3) is 10.6. The number of Topliss-reactive ketones (excluding diaryl/α,β-unsaturated/α-hetero) is 1. The summed E-state index contributed by atoms with van der Waals surface area (Å²) >= 11 is 1.48. The fourth-order valence-electron chi connectivity index (χ4n) is 3.07. The highest BCUT2D eigenvalue weighted by molar-refractivity contribution is 7.99. The molecule has 0 aliphatic carbocycles. The molecule has 1 aromatic carbocycles. The Hall–Kier alpha value is -2.74. The second kappa shape index (κ2) is 14.4. The average Bonchev–Trinajstić information content (AvgIpc) is 3.30. The third-order valence-corrected chi connectivity index (χ3v) is 5.92. The van der Waals surface area contributed by atoms with Crippen LogP contribution in [0.15, 0.2) is 47.1 Å². The molecule has 0 fully saturated rings. The number of rotatable bonds is 15. The summed E-state index contributed by atoms with van der Waals surface area (Å²) in [6, 6.07) is 10.7. The highest BCUT2D eigenvalue weighted by Gasteiger charge is 2.23. The largest absolute Gasteiger partial charge is 0.484 e. The standard InChI is InChI=1S/C25H34N2O5S/c1-18(2)25(22(28)17-33-16-21-7-6-14-31-21)27-23(29)8-4-5-13-26-24(30)15-32-20-11-9-19(3)10-12-20/h6-7,9-12,14,18,25H,4-5,8,13,15-17H2,1-3H3,(H,26,30)(H,27,29)/t25-/m0/s1. The Morgan fingerprint density at radius 3 is 2.48 bits per heavy atom. The predicted molar refractivity (Wildman–Crippen MR) is 130 cm³/mol. The summed E-state index contributed by atoms with van der Waals surface area (Å²) in [6.45, 7) is 6.27. The molecule has 0 saturated carbocycles. The summed E-state index contributed by atoms with van der Waals surface area (Å²) in [4.78, 5) is 36.7. The van der Waals surface area contributed by atoms with Crippen LogP contribution in [0, 0.1) is 12.8 Å². The molecule has 0 saturated heterocycles. The van der Waals surface area contributed by atoms with Gasteiger partial charge in [-0.05, 0) is 49.9 Å². The zero-order valence-corrected chi connectivity index (χ0v) is 20.4. The fourth-order valence-corrected chi connectivity index (χ4v) is 3.92. The van der Waals surface area contributed by atoms with E-state index < -0.39 is 6.04 Å². The van der Waals surface area contributed by atoms with E-state index in [4.69, 9.17) is 9.15 Å². The van der Waals surface area contributed by atoms with Gasteiger partial charge in [0.15, 0.2) is 12.4 Å². The van der Waals surface area contributed by atoms with Crippen LogP contribution in [0.3, 0.4) is 0 Å². The van der Waals surface area contributed by atoms with Gasteiger partial charge < -0.3 is 19.8 Å². The van der Waals surface area contributed by atoms with Gasteiger partial charge in [0, 0.05) is 13.0 Å². The number of nitrogens with one attached hydrogen (secondary N) is 2. The molecule has 0 spiro atoms. The smallest absolute Gasteiger partial charge is 0.257 e. The van der Waals surface area contributed by atoms with Crippen LogP contribution < -0.4 is 15.4 Å². The number of unbranched alkanes of at least 4 members (excludes halogenated alkanes) is 1. The van der Waals surface area contributed by atoms with Crippen molar-refractivity contribution in [3.05, 3.63) is 54.0 Å². The van der Waals surface area contributed by atoms with Gasteiger partial charge in [-0.2, -0.15) is 0 Å². The van der Waals surface area contributed by atoms with Crippen molar-refractivity contribution < 1.29 is 23.5 Å². The maximum Gasteiger partial charge on any atom is 0.257 e. The van der Waals surface area contributed by atoms with Gasteiger partial charge in [0.1, 0.15) is 11.5 Å². The summed E-state index contributed by atoms with van der Waals surface area (Å²) in [6.07, 6.45) is 3.21. The summed E-state index contributed by atoms with van der Waals surface area (Å²) < 4.78 is 10.7. The molecule has 2 rings (SSSR count). The minimum Gasteiger partial charge on any atom is -0.484 e. The van der Waals surface area contributed by atoms with Crippen LogP contribution in [-0.4, -0.2) is 42.5 Å². The van der Waals surface area contributed by atoms with Gasteiger partial charge in [0.05, 0.1) is 23.8 Å². The van der Waals surface area contributed by atoms with Gasteiger partial charge in [-0.1, -0.05) is 31.5 Å². The van der Waals surface area contributed by atoms with E-state index >= 15 is 0 Å². The number of hydrogen-bond donors (Lipinski definition) is 2. The molecule has 0 unspecified atom stereocenters. The molecule has 0 aliphatic rings. The van der Waals surface area contributed by atoms with E-state index in [-0.39, 0.29) is 30.1 Å². The molecule has 8 heteroatoms. The molecule has 0 radical (unpaired) electrons. The number of carbonyl (C=O) groups excluding carboxylic acids is 3. The Bertz CT molecular complexity index is 865. The minimum absolute atomic E-state index is 0.00995. The monoisotopic (exact) mass is 474 g/mol. The Kier molecular flexibility index (Phi) is 11.6. The van der Waals surface area contributed by atoms with E-state index in [2.05, 4.69) is 10.6 Å². The molecule has 180 valence electrons. The second-order valence-corrected chi connectivity index (χ2v) is 9.22. The lowest BCUT2D eigenvalue weighted by Gasteiger charge is -2.21. The van der Waals surface area contributed by atoms with Gasteiger partial charge in [-0.25, -0.2) is 0 Å². The Balaban J connectivity index is 1.58. The normalized spacial score (nSPS) is 11.8. The van der Waals surface area contributed by atoms with Gasteiger partial charge in [-0.15, -0.1) is 11.8 Å². The molecule has 2 N–H and O–H groups in total. The first-order valence-corrected chi connectivity index (χ1v) is 12.4. The van der Waals surface area contributed by atoms with Crippen LogP contribution in [0.1, 0.15) is 44.4 Å². The first kappa shape index (κ1) is 26.5. The molecular weight excluding hydrogens is 440 g/mol. The molecule has 7 nitrogen and oxygen atoms in total. The first-order valence-electron chi connectivity index (χ1n) is 11.2. The zero-order valence-electron chi connectivity index (χ0n) is 19.6. The topological polar surface area (TPSA) is 97.6 Å². The molecule has 2 amide bonds. The van der Waals surface area contributed by atoms with E-state index in [0.29, 0.717) is 43.1 Å². The van der Waals surface area contributed by atoms with E-state index in [0.717, 1.165) is 11.3 Å². The van der Waals surface area contributed by atoms with Crippen molar-refractivity contribution in [2.45, 2.75) is 51.8 Å². The molecule has 1 atom stereocenters. The maximum absolute atomic E-state index is 12.6. The molecule has 0 aliphatic heterocycles. The quantitative estimate of drug-likeness (QED) is 0.380. The first-order chi connectivity index (χ1) is 15.8. The van der Waals surface area contributed by atoms with Crippen molar-refractivity contribution in [3.8, 4) is 5.75 Å². The zero-order chi connectivity index (χ0) is 24.1. The molecular formula is C25H34N2O5S. The Morgan fingerprint density at radius 2 is 1.82 bits per heavy atom. The van der Waals surface area contributed by atoms with Crippen LogP contribution in [0.5, 0.6) is 5.75 Å². The number of aryl methyl sites for hydroxylation is 1. The molecule has 33 heavy (non-hydrogen) atoms. The van der Waals surface area contributed by atoms with E-state index in [9.17, 15) is 14.4 Å². The summed E-state index contributed by atoms with van der Waals surface area (Å²) in [7, 11) is 0. The van der Waals surface area contributed by atoms with Crippen LogP contribution in [0.4, 0.5) is 0 Å². The second-order valence-electron chi connectivity index (χ2n) is 8.24. The van der Waals surface area contributed by atoms with Gasteiger partial charge in [0.2, 0.25) is 5.91 Å². The lowest BCUT2D eigenvalue weighted by atomic mass is 10.0. The average molecular weight is 475 g/mol. The molecule has 1 heterocycles. The third-order valence-electron chi connectivity index (χ3n) is 4.94. The highest BCUT2D eigenvalue weighted by atomic mass is 32.2. The molecule has 0 bridgehead atoms. The summed E-state index contributed by atoms with van der Waals surface area (Å²) in [5.41, 5.74) is 1.13. The predicted octanol–water partition coefficient (Wildman–Crippen LogP) is 3.90. The van der Waals surface area contributed by atoms with Crippen molar-refractivity contribution in [2.24, 2.45) is 5.92 Å².